The fourth-order valence-electron chi connectivity index (χ4n) is 9.49. The predicted octanol–water partition coefficient (Wildman–Crippen LogP) is 1.93. The van der Waals surface area contributed by atoms with Crippen molar-refractivity contribution in [3.8, 4) is 5.75 Å². The maximum absolute atomic E-state index is 15.1. The van der Waals surface area contributed by atoms with E-state index in [4.69, 9.17) is 27.7 Å². The Hall–Kier alpha value is -8.01. The van der Waals surface area contributed by atoms with Crippen LogP contribution < -0.4 is 59.6 Å². The zero-order valence-corrected chi connectivity index (χ0v) is 43.9. The lowest BCUT2D eigenvalue weighted by atomic mass is 9.73. The van der Waals surface area contributed by atoms with Gasteiger partial charge in [-0.25, -0.2) is 0 Å². The second-order valence-corrected chi connectivity index (χ2v) is 19.5. The molecule has 0 bridgehead atoms. The Labute approximate surface area is 448 Å². The highest BCUT2D eigenvalue weighted by molar-refractivity contribution is 5.99. The Morgan fingerprint density at radius 2 is 1.34 bits per heavy atom. The van der Waals surface area contributed by atoms with E-state index >= 15 is 4.79 Å². The number of aromatic amines is 1. The molecule has 0 spiro atoms. The molecule has 1 saturated carbocycles. The molecule has 4 aromatic rings. The number of methoxy groups -OCH3 is 1. The minimum absolute atomic E-state index is 0.0416. The molecule has 7 amide bonds. The molecule has 1 aliphatic carbocycles. The van der Waals surface area contributed by atoms with Crippen molar-refractivity contribution in [2.45, 2.75) is 145 Å². The van der Waals surface area contributed by atoms with Crippen LogP contribution in [0.5, 0.6) is 5.75 Å². The van der Waals surface area contributed by atoms with Crippen molar-refractivity contribution in [3.05, 3.63) is 102 Å². The number of aliphatic carboxylic acids is 1. The van der Waals surface area contributed by atoms with Gasteiger partial charge >= 0.3 is 5.97 Å². The number of carboxylic acid groups (broad SMARTS) is 1. The van der Waals surface area contributed by atoms with E-state index in [0.29, 0.717) is 61.9 Å². The summed E-state index contributed by atoms with van der Waals surface area (Å²) in [5.74, 6) is -6.16. The van der Waals surface area contributed by atoms with Crippen LogP contribution in [0.3, 0.4) is 0 Å². The number of benzene rings is 3. The minimum atomic E-state index is -1.70. The molecular weight excluding hydrogens is 989 g/mol. The standard InChI is InChI=1S/C55H76N12O10/c1-3-4-19-46(68)62-45(32-47(69)70)52(75)67-55(26-24-36(25-27-55)35-20-22-38(77-2)23-21-35)53(76)66-43(30-34-13-6-5-7-14-34)50(73)64-42(18-12-29-60-54(58)59)49(72)65-44(31-37-33-61-40-16-9-8-15-39(37)40)51(74)63-41(48(57)71)17-10-11-28-56/h5-9,13-16,20-23,33,36,41-45,61H,3-4,10-12,17-19,24-32,56H2,1-2H3,(H2,57,71)(H,62,68)(H,63,74)(H,64,73)(H,65,72)(H,66,76)(H,67,75)(H,69,70)(H4,58,59,60)/t36?,41-,42-,43+,44-,45-,55?/m0/s1. The van der Waals surface area contributed by atoms with Crippen LogP contribution in [0.15, 0.2) is 90.1 Å². The number of unbranched alkanes of at least 4 members (excludes halogenated alkanes) is 2. The highest BCUT2D eigenvalue weighted by atomic mass is 16.5. The molecule has 1 heterocycles. The summed E-state index contributed by atoms with van der Waals surface area (Å²) in [4.78, 5) is 118. The van der Waals surface area contributed by atoms with Gasteiger partial charge in [-0.1, -0.05) is 74.0 Å². The smallest absolute Gasteiger partial charge is 0.305 e. The third kappa shape index (κ3) is 18.4. The zero-order chi connectivity index (χ0) is 55.9. The summed E-state index contributed by atoms with van der Waals surface area (Å²) in [7, 11) is 1.56. The highest BCUT2D eigenvalue weighted by Crippen LogP contribution is 2.39. The largest absolute Gasteiger partial charge is 0.497 e. The summed E-state index contributed by atoms with van der Waals surface area (Å²) in [5.41, 5.74) is 24.0. The molecule has 5 rings (SSSR count). The van der Waals surface area contributed by atoms with E-state index in [2.05, 4.69) is 41.9 Å². The number of nitrogens with zero attached hydrogens (tertiary/aromatic N) is 1. The van der Waals surface area contributed by atoms with Gasteiger partial charge in [-0.2, -0.15) is 0 Å². The number of carboxylic acids is 1. The number of amides is 7. The summed E-state index contributed by atoms with van der Waals surface area (Å²) in [5, 5.41) is 27.2. The highest BCUT2D eigenvalue weighted by Gasteiger charge is 2.46. The van der Waals surface area contributed by atoms with Gasteiger partial charge in [0.15, 0.2) is 5.96 Å². The minimum Gasteiger partial charge on any atom is -0.497 e. The van der Waals surface area contributed by atoms with Gasteiger partial charge < -0.3 is 69.7 Å². The molecule has 77 heavy (non-hydrogen) atoms. The van der Waals surface area contributed by atoms with E-state index in [1.807, 2.05) is 55.5 Å². The van der Waals surface area contributed by atoms with Gasteiger partial charge in [0, 0.05) is 42.9 Å². The van der Waals surface area contributed by atoms with E-state index in [1.54, 1.807) is 43.6 Å². The molecule has 0 saturated heterocycles. The number of aromatic nitrogens is 1. The van der Waals surface area contributed by atoms with Crippen molar-refractivity contribution in [1.29, 1.82) is 0 Å². The fourth-order valence-corrected chi connectivity index (χ4v) is 9.49. The van der Waals surface area contributed by atoms with Crippen LogP contribution >= 0.6 is 0 Å². The number of guanidine groups is 1. The zero-order valence-electron chi connectivity index (χ0n) is 43.9. The van der Waals surface area contributed by atoms with Crippen molar-refractivity contribution in [2.75, 3.05) is 20.2 Å². The number of carbonyl (C=O) groups is 8. The summed E-state index contributed by atoms with van der Waals surface area (Å²) in [6.45, 7) is 2.31. The number of nitrogens with two attached hydrogens (primary N) is 4. The summed E-state index contributed by atoms with van der Waals surface area (Å²) in [6.07, 6.45) is 4.38. The van der Waals surface area contributed by atoms with Crippen LogP contribution in [0.4, 0.5) is 0 Å². The lowest BCUT2D eigenvalue weighted by Gasteiger charge is -2.41. The number of hydrogen-bond donors (Lipinski definition) is 12. The van der Waals surface area contributed by atoms with Crippen LogP contribution in [0.2, 0.25) is 0 Å². The van der Waals surface area contributed by atoms with Crippen molar-refractivity contribution < 1.29 is 48.2 Å². The number of primary amides is 1. The van der Waals surface area contributed by atoms with Gasteiger partial charge in [0.05, 0.1) is 13.5 Å². The van der Waals surface area contributed by atoms with Gasteiger partial charge in [-0.05, 0) is 112 Å². The van der Waals surface area contributed by atoms with Crippen LogP contribution in [0, 0.1) is 0 Å². The molecule has 1 aliphatic rings. The van der Waals surface area contributed by atoms with Gasteiger partial charge in [0.1, 0.15) is 41.5 Å². The second kappa shape index (κ2) is 29.9. The van der Waals surface area contributed by atoms with Crippen LogP contribution in [-0.4, -0.2) is 119 Å². The summed E-state index contributed by atoms with van der Waals surface area (Å²) < 4.78 is 5.35. The molecule has 22 nitrogen and oxygen atoms in total. The Bertz CT molecular complexity index is 2650. The number of rotatable bonds is 31. The van der Waals surface area contributed by atoms with Gasteiger partial charge in [-0.3, -0.25) is 43.3 Å². The van der Waals surface area contributed by atoms with Crippen molar-refractivity contribution in [3.63, 3.8) is 0 Å². The maximum atomic E-state index is 15.1. The molecule has 1 aromatic heterocycles. The van der Waals surface area contributed by atoms with Crippen LogP contribution in [0.25, 0.3) is 10.9 Å². The lowest BCUT2D eigenvalue weighted by molar-refractivity contribution is -0.142. The Kier molecular flexibility index (Phi) is 23.3. The maximum Gasteiger partial charge on any atom is 0.305 e. The first-order chi connectivity index (χ1) is 36.9. The van der Waals surface area contributed by atoms with E-state index in [1.165, 1.54) is 0 Å². The Morgan fingerprint density at radius 1 is 0.714 bits per heavy atom. The second-order valence-electron chi connectivity index (χ2n) is 19.5. The molecule has 16 N–H and O–H groups in total. The van der Waals surface area contributed by atoms with E-state index < -0.39 is 89.5 Å². The topological polar surface area (TPSA) is 370 Å². The van der Waals surface area contributed by atoms with E-state index in [0.717, 1.165) is 16.5 Å². The predicted molar refractivity (Wildman–Crippen MR) is 291 cm³/mol. The fraction of sp³-hybridized carbons (Fsp3) is 0.473. The molecule has 0 radical (unpaired) electrons. The quantitative estimate of drug-likeness (QED) is 0.0195. The number of H-pyrrole nitrogens is 1. The normalized spacial score (nSPS) is 17.0. The molecular formula is C55H76N12O10. The average Bonchev–Trinajstić information content (AvgIpc) is 3.83. The number of fused-ring (bicyclic) bond motifs is 1. The van der Waals surface area contributed by atoms with E-state index in [-0.39, 0.29) is 69.8 Å². The van der Waals surface area contributed by atoms with E-state index in [9.17, 15) is 38.7 Å². The summed E-state index contributed by atoms with van der Waals surface area (Å²) in [6, 6.07) is 17.0. The van der Waals surface area contributed by atoms with Crippen LogP contribution in [-0.2, 0) is 51.2 Å². The first kappa shape index (κ1) is 59.9. The average molecular weight is 1070 g/mol. The number of nitrogens with one attached hydrogen (secondary N) is 7. The Morgan fingerprint density at radius 3 is 1.97 bits per heavy atom. The molecule has 416 valence electrons. The van der Waals surface area contributed by atoms with Crippen molar-refractivity contribution in [2.24, 2.45) is 27.9 Å². The number of aliphatic imine (C=N–C) groups is 1. The monoisotopic (exact) mass is 1060 g/mol. The molecule has 5 atom stereocenters. The number of ether oxygens (including phenoxy) is 1. The molecule has 1 fully saturated rings. The number of hydrogen-bond acceptors (Lipinski definition) is 11. The number of para-hydroxylation sites is 1. The number of carbonyl (C=O) groups excluding carboxylic acids is 7. The SMILES string of the molecule is CCCCC(=O)N[C@@H](CC(=O)O)C(=O)NC1(C(=O)N[C@H](Cc2ccccc2)C(=O)N[C@@H](CCCN=C(N)N)C(=O)N[C@@H](Cc2c[nH]c3ccccc23)C(=O)N[C@@H](CCCCN)C(N)=O)CCC(c2ccc(OC)cc2)CC1. The molecule has 22 heteroatoms. The molecule has 0 aliphatic heterocycles. The first-order valence-corrected chi connectivity index (χ1v) is 26.3. The summed E-state index contributed by atoms with van der Waals surface area (Å²) >= 11 is 0. The van der Waals surface area contributed by atoms with Gasteiger partial charge in [-0.15, -0.1) is 0 Å². The van der Waals surface area contributed by atoms with Gasteiger partial charge in [0.25, 0.3) is 0 Å². The lowest BCUT2D eigenvalue weighted by Crippen LogP contribution is -2.66. The molecule has 3 aromatic carbocycles. The third-order valence-electron chi connectivity index (χ3n) is 13.8. The first-order valence-electron chi connectivity index (χ1n) is 26.3. The Balaban J connectivity index is 1.48. The third-order valence-corrected chi connectivity index (χ3v) is 13.8. The molecule has 0 unspecified atom stereocenters. The van der Waals surface area contributed by atoms with Gasteiger partial charge in [0.2, 0.25) is 41.4 Å². The van der Waals surface area contributed by atoms with Crippen molar-refractivity contribution >= 4 is 64.2 Å². The van der Waals surface area contributed by atoms with Crippen molar-refractivity contribution in [1.82, 2.24) is 36.9 Å². The van der Waals surface area contributed by atoms with Crippen LogP contribution in [0.1, 0.15) is 113 Å².